The summed E-state index contributed by atoms with van der Waals surface area (Å²) >= 11 is 6.33. The summed E-state index contributed by atoms with van der Waals surface area (Å²) in [6.45, 7) is 0. The third kappa shape index (κ3) is 4.84. The van der Waals surface area contributed by atoms with E-state index in [4.69, 9.17) is 16.2 Å². The molecule has 1 aliphatic rings. The number of carbonyl (C=O) groups excluding carboxylic acids is 4. The Hall–Kier alpha value is -2.82. The molecule has 0 aromatic carbocycles. The number of hydrogen-bond acceptors (Lipinski definition) is 10. The molecule has 4 amide bonds. The van der Waals surface area contributed by atoms with Crippen molar-refractivity contribution in [3.63, 3.8) is 0 Å². The number of anilines is 1. The van der Waals surface area contributed by atoms with Crippen molar-refractivity contribution < 1.29 is 37.0 Å². The SMILES string of the molecule is CNC(=O)[C@H]1[C@@H](NC(=O)/C(=N\OC)c2csc(NC(=O)CCl)n2)C(=O)N1S(=O)(=O)O. The van der Waals surface area contributed by atoms with Gasteiger partial charge in [0.1, 0.15) is 24.7 Å². The Morgan fingerprint density at radius 3 is 2.63 bits per heavy atom. The van der Waals surface area contributed by atoms with Gasteiger partial charge in [0.2, 0.25) is 11.8 Å². The summed E-state index contributed by atoms with van der Waals surface area (Å²) in [7, 11) is -2.71. The number of alkyl halides is 1. The maximum Gasteiger partial charge on any atom is 0.363 e. The van der Waals surface area contributed by atoms with Gasteiger partial charge in [0, 0.05) is 12.4 Å². The first-order chi connectivity index (χ1) is 14.0. The van der Waals surface area contributed by atoms with Crippen molar-refractivity contribution in [1.29, 1.82) is 0 Å². The topological polar surface area (TPSA) is 196 Å². The highest BCUT2D eigenvalue weighted by Gasteiger charge is 2.57. The zero-order valence-corrected chi connectivity index (χ0v) is 17.7. The number of oxime groups is 1. The highest BCUT2D eigenvalue weighted by atomic mass is 35.5. The number of amides is 4. The van der Waals surface area contributed by atoms with Gasteiger partial charge in [0.05, 0.1) is 0 Å². The summed E-state index contributed by atoms with van der Waals surface area (Å²) in [6, 6.07) is -3.31. The number of nitrogens with one attached hydrogen (secondary N) is 3. The van der Waals surface area contributed by atoms with Gasteiger partial charge in [0.25, 0.3) is 11.8 Å². The zero-order valence-electron chi connectivity index (χ0n) is 15.3. The molecule has 0 aliphatic carbocycles. The second-order valence-corrected chi connectivity index (χ2v) is 7.88. The number of hydrogen-bond donors (Lipinski definition) is 4. The molecule has 30 heavy (non-hydrogen) atoms. The Labute approximate surface area is 178 Å². The molecule has 0 saturated carbocycles. The van der Waals surface area contributed by atoms with Crippen LogP contribution in [0.5, 0.6) is 0 Å². The maximum atomic E-state index is 12.6. The van der Waals surface area contributed by atoms with Crippen LogP contribution in [-0.4, -0.2) is 83.7 Å². The van der Waals surface area contributed by atoms with Crippen LogP contribution in [-0.2, 0) is 34.3 Å². The third-order valence-corrected chi connectivity index (χ3v) is 5.52. The fraction of sp³-hybridized carbons (Fsp3) is 0.385. The van der Waals surface area contributed by atoms with E-state index in [0.29, 0.717) is 0 Å². The largest absolute Gasteiger partial charge is 0.398 e. The summed E-state index contributed by atoms with van der Waals surface area (Å²) in [5.74, 6) is -4.05. The molecule has 2 heterocycles. The Morgan fingerprint density at radius 1 is 1.43 bits per heavy atom. The van der Waals surface area contributed by atoms with Gasteiger partial charge in [0.15, 0.2) is 16.9 Å². The molecule has 0 bridgehead atoms. The molecule has 1 aliphatic heterocycles. The van der Waals surface area contributed by atoms with E-state index in [1.165, 1.54) is 12.4 Å². The molecule has 17 heteroatoms. The molecular weight excluding hydrogens is 468 g/mol. The summed E-state index contributed by atoms with van der Waals surface area (Å²) in [5.41, 5.74) is -0.465. The number of halogens is 1. The number of thiazole rings is 1. The van der Waals surface area contributed by atoms with Crippen molar-refractivity contribution in [2.24, 2.45) is 5.16 Å². The average Bonchev–Trinajstić information content (AvgIpc) is 3.13. The lowest BCUT2D eigenvalue weighted by Gasteiger charge is -2.42. The average molecular weight is 483 g/mol. The summed E-state index contributed by atoms with van der Waals surface area (Å²) < 4.78 is 31.7. The zero-order chi connectivity index (χ0) is 22.6. The van der Waals surface area contributed by atoms with Crippen LogP contribution in [0.3, 0.4) is 0 Å². The summed E-state index contributed by atoms with van der Waals surface area (Å²) in [4.78, 5) is 56.5. The Kier molecular flexibility index (Phi) is 7.30. The Balaban J connectivity index is 2.25. The highest BCUT2D eigenvalue weighted by molar-refractivity contribution is 7.84. The molecule has 1 aromatic heterocycles. The molecule has 164 valence electrons. The number of nitrogens with zero attached hydrogens (tertiary/aromatic N) is 3. The van der Waals surface area contributed by atoms with E-state index < -0.39 is 51.7 Å². The van der Waals surface area contributed by atoms with Crippen molar-refractivity contribution in [3.8, 4) is 0 Å². The molecule has 0 spiro atoms. The fourth-order valence-corrected chi connectivity index (χ4v) is 3.99. The lowest BCUT2D eigenvalue weighted by molar-refractivity contribution is -0.151. The van der Waals surface area contributed by atoms with Crippen LogP contribution in [0.25, 0.3) is 0 Å². The number of rotatable bonds is 8. The summed E-state index contributed by atoms with van der Waals surface area (Å²) in [6.07, 6.45) is 0. The molecule has 1 saturated heterocycles. The normalized spacial score (nSPS) is 19.0. The standard InChI is InChI=1S/C13H15ClN6O8S2/c1-15-11(23)9-8(12(24)20(9)30(25,26)27)18-10(22)7(19-28-2)5-4-29-13(16-5)17-6(21)3-14/h4,8-9H,3H2,1-2H3,(H,15,23)(H,18,22)(H,16,17,21)(H,25,26,27)/b19-7-/t8-,9-/m1/s1. The van der Waals surface area contributed by atoms with Crippen molar-refractivity contribution in [2.75, 3.05) is 25.4 Å². The molecule has 0 unspecified atom stereocenters. The molecule has 0 radical (unpaired) electrons. The van der Waals surface area contributed by atoms with Crippen LogP contribution in [0.4, 0.5) is 5.13 Å². The van der Waals surface area contributed by atoms with Crippen LogP contribution < -0.4 is 16.0 Å². The van der Waals surface area contributed by atoms with E-state index in [0.717, 1.165) is 18.4 Å². The van der Waals surface area contributed by atoms with E-state index in [2.05, 4.69) is 30.9 Å². The maximum absolute atomic E-state index is 12.6. The van der Waals surface area contributed by atoms with Gasteiger partial charge in [-0.3, -0.25) is 23.7 Å². The molecule has 1 aromatic rings. The van der Waals surface area contributed by atoms with Crippen LogP contribution in [0, 0.1) is 0 Å². The van der Waals surface area contributed by atoms with E-state index in [1.54, 1.807) is 0 Å². The van der Waals surface area contributed by atoms with Crippen molar-refractivity contribution in [3.05, 3.63) is 11.1 Å². The molecular formula is C13H15ClN6O8S2. The van der Waals surface area contributed by atoms with Gasteiger partial charge in [-0.15, -0.1) is 22.9 Å². The Bertz CT molecular complexity index is 1010. The smallest absolute Gasteiger partial charge is 0.363 e. The minimum Gasteiger partial charge on any atom is -0.398 e. The molecule has 4 N–H and O–H groups in total. The molecule has 1 fully saturated rings. The fourth-order valence-electron chi connectivity index (χ4n) is 2.36. The predicted molar refractivity (Wildman–Crippen MR) is 103 cm³/mol. The molecule has 14 nitrogen and oxygen atoms in total. The van der Waals surface area contributed by atoms with Gasteiger partial charge in [-0.1, -0.05) is 5.16 Å². The first-order valence-electron chi connectivity index (χ1n) is 7.81. The van der Waals surface area contributed by atoms with E-state index in [1.807, 2.05) is 0 Å². The highest BCUT2D eigenvalue weighted by Crippen LogP contribution is 2.24. The predicted octanol–water partition coefficient (Wildman–Crippen LogP) is -2.08. The quantitative estimate of drug-likeness (QED) is 0.105. The van der Waals surface area contributed by atoms with Crippen LogP contribution in [0.15, 0.2) is 10.5 Å². The third-order valence-electron chi connectivity index (χ3n) is 3.61. The van der Waals surface area contributed by atoms with Crippen molar-refractivity contribution in [1.82, 2.24) is 19.9 Å². The van der Waals surface area contributed by atoms with E-state index in [-0.39, 0.29) is 21.0 Å². The second kappa shape index (κ2) is 9.33. The number of carbonyl (C=O) groups is 4. The lowest BCUT2D eigenvalue weighted by Crippen LogP contribution is -2.75. The number of aromatic nitrogens is 1. The number of likely N-dealkylation sites (N-methyl/N-ethyl adjacent to an activating group) is 1. The number of β-lactam (4-membered cyclic amide) rings is 1. The first-order valence-corrected chi connectivity index (χ1v) is 10.6. The lowest BCUT2D eigenvalue weighted by atomic mass is 9.97. The molecule has 2 rings (SSSR count). The molecule has 2 atom stereocenters. The van der Waals surface area contributed by atoms with E-state index in [9.17, 15) is 27.6 Å². The van der Waals surface area contributed by atoms with Gasteiger partial charge < -0.3 is 20.8 Å². The summed E-state index contributed by atoms with van der Waals surface area (Å²) in [5, 5.41) is 11.6. The van der Waals surface area contributed by atoms with E-state index >= 15 is 0 Å². The second-order valence-electron chi connectivity index (χ2n) is 5.46. The van der Waals surface area contributed by atoms with Crippen molar-refractivity contribution in [2.45, 2.75) is 12.1 Å². The van der Waals surface area contributed by atoms with Crippen LogP contribution in [0.2, 0.25) is 0 Å². The van der Waals surface area contributed by atoms with Crippen LogP contribution in [0.1, 0.15) is 5.69 Å². The minimum atomic E-state index is -5.03. The first kappa shape index (κ1) is 23.5. The van der Waals surface area contributed by atoms with Gasteiger partial charge in [-0.2, -0.15) is 12.7 Å². The monoisotopic (exact) mass is 482 g/mol. The van der Waals surface area contributed by atoms with Crippen molar-refractivity contribution >= 4 is 67.7 Å². The van der Waals surface area contributed by atoms with Gasteiger partial charge in [-0.25, -0.2) is 4.98 Å². The minimum absolute atomic E-state index is 0.0425. The Morgan fingerprint density at radius 2 is 2.10 bits per heavy atom. The van der Waals surface area contributed by atoms with Gasteiger partial charge >= 0.3 is 10.3 Å². The van der Waals surface area contributed by atoms with Crippen LogP contribution >= 0.6 is 22.9 Å². The van der Waals surface area contributed by atoms with Gasteiger partial charge in [-0.05, 0) is 0 Å².